The maximum absolute atomic E-state index is 12.1. The van der Waals surface area contributed by atoms with Gasteiger partial charge in [0.25, 0.3) is 0 Å². The molecule has 0 N–H and O–H groups in total. The van der Waals surface area contributed by atoms with Crippen LogP contribution in [0.5, 0.6) is 0 Å². The van der Waals surface area contributed by atoms with Crippen molar-refractivity contribution in [1.29, 1.82) is 0 Å². The number of carbonyl (C=O) groups excluding carboxylic acids is 1. The molecule has 0 aromatic heterocycles. The van der Waals surface area contributed by atoms with Crippen molar-refractivity contribution >= 4 is 18.3 Å². The molecule has 23 heavy (non-hydrogen) atoms. The number of rotatable bonds is 4. The monoisotopic (exact) mass is 325 g/mol. The lowest BCUT2D eigenvalue weighted by Crippen LogP contribution is -2.43. The van der Waals surface area contributed by atoms with Crippen molar-refractivity contribution < 1.29 is 14.3 Å². The van der Waals surface area contributed by atoms with Gasteiger partial charge in [0, 0.05) is 26.6 Å². The zero-order valence-electron chi connectivity index (χ0n) is 15.3. The van der Waals surface area contributed by atoms with E-state index in [1.165, 1.54) is 6.34 Å². The Morgan fingerprint density at radius 2 is 1.87 bits per heavy atom. The Balaban J connectivity index is 2.47. The molecule has 0 saturated heterocycles. The van der Waals surface area contributed by atoms with Crippen LogP contribution in [-0.2, 0) is 9.47 Å². The molecule has 132 valence electrons. The summed E-state index contributed by atoms with van der Waals surface area (Å²) in [5.41, 5.74) is -0.459. The lowest BCUT2D eigenvalue weighted by Gasteiger charge is -2.35. The van der Waals surface area contributed by atoms with E-state index in [1.807, 2.05) is 34.7 Å². The molecule has 0 bridgehead atoms. The van der Waals surface area contributed by atoms with Crippen molar-refractivity contribution in [2.45, 2.75) is 77.5 Å². The first-order valence-electron chi connectivity index (χ1n) is 8.36. The van der Waals surface area contributed by atoms with Gasteiger partial charge in [-0.1, -0.05) is 6.92 Å². The summed E-state index contributed by atoms with van der Waals surface area (Å²) in [4.78, 5) is 21.9. The van der Waals surface area contributed by atoms with Crippen LogP contribution in [0.4, 0.5) is 4.79 Å². The quantitative estimate of drug-likeness (QED) is 0.585. The molecule has 0 unspecified atom stereocenters. The fourth-order valence-corrected chi connectivity index (χ4v) is 2.55. The molecule has 1 aliphatic rings. The second-order valence-electron chi connectivity index (χ2n) is 6.89. The van der Waals surface area contributed by atoms with Crippen molar-refractivity contribution in [2.75, 3.05) is 14.1 Å². The van der Waals surface area contributed by atoms with Crippen LogP contribution < -0.4 is 0 Å². The third kappa shape index (κ3) is 7.01. The Kier molecular flexibility index (Phi) is 7.52. The second-order valence-corrected chi connectivity index (χ2v) is 6.89. The highest BCUT2D eigenvalue weighted by atomic mass is 16.6. The fourth-order valence-electron chi connectivity index (χ4n) is 2.55. The van der Waals surface area contributed by atoms with E-state index in [0.29, 0.717) is 0 Å². The minimum Gasteiger partial charge on any atom is -0.477 e. The molecule has 0 atom stereocenters. The third-order valence-electron chi connectivity index (χ3n) is 3.80. The zero-order chi connectivity index (χ0) is 17.5. The molecule has 6 nitrogen and oxygen atoms in total. The zero-order valence-corrected chi connectivity index (χ0v) is 15.3. The summed E-state index contributed by atoms with van der Waals surface area (Å²) in [6.45, 7) is 7.67. The molecule has 1 saturated carbocycles. The minimum absolute atomic E-state index is 0.169. The lowest BCUT2D eigenvalue weighted by atomic mass is 9.92. The Labute approximate surface area is 140 Å². The van der Waals surface area contributed by atoms with Crippen LogP contribution in [-0.4, -0.2) is 55.1 Å². The Morgan fingerprint density at radius 3 is 2.35 bits per heavy atom. The predicted octanol–water partition coefficient (Wildman–Crippen LogP) is 3.65. The maximum atomic E-state index is 12.1. The van der Waals surface area contributed by atoms with Gasteiger partial charge in [0.15, 0.2) is 5.90 Å². The first-order chi connectivity index (χ1) is 10.8. The molecule has 6 heteroatoms. The molecule has 1 aliphatic carbocycles. The molecule has 1 rings (SSSR count). The van der Waals surface area contributed by atoms with E-state index in [-0.39, 0.29) is 18.2 Å². The highest BCUT2D eigenvalue weighted by molar-refractivity contribution is 5.83. The number of hydrogen-bond donors (Lipinski definition) is 0. The summed E-state index contributed by atoms with van der Waals surface area (Å²) in [6.07, 6.45) is 5.85. The van der Waals surface area contributed by atoms with Gasteiger partial charge in [0.05, 0.1) is 0 Å². The summed E-state index contributed by atoms with van der Waals surface area (Å²) in [6, 6.07) is 0.212. The predicted molar refractivity (Wildman–Crippen MR) is 93.3 cm³/mol. The molecular formula is C17H31N3O3. The van der Waals surface area contributed by atoms with Crippen LogP contribution in [0, 0.1) is 0 Å². The largest absolute Gasteiger partial charge is 0.477 e. The Bertz CT molecular complexity index is 433. The van der Waals surface area contributed by atoms with Crippen LogP contribution >= 0.6 is 0 Å². The first kappa shape index (κ1) is 19.5. The smallest absolute Gasteiger partial charge is 0.410 e. The van der Waals surface area contributed by atoms with Gasteiger partial charge in [-0.05, 0) is 46.5 Å². The van der Waals surface area contributed by atoms with Gasteiger partial charge in [0.1, 0.15) is 18.0 Å². The van der Waals surface area contributed by atoms with Crippen molar-refractivity contribution in [1.82, 2.24) is 4.90 Å². The summed E-state index contributed by atoms with van der Waals surface area (Å²) < 4.78 is 11.4. The van der Waals surface area contributed by atoms with Gasteiger partial charge in [-0.15, -0.1) is 0 Å². The van der Waals surface area contributed by atoms with Crippen LogP contribution in [0.2, 0.25) is 0 Å². The summed E-state index contributed by atoms with van der Waals surface area (Å²) >= 11 is 0. The molecule has 0 heterocycles. The number of aliphatic imine (C=N–C) groups is 2. The normalized spacial score (nSPS) is 23.0. The van der Waals surface area contributed by atoms with Gasteiger partial charge in [-0.3, -0.25) is 4.99 Å². The van der Waals surface area contributed by atoms with E-state index >= 15 is 0 Å². The first-order valence-corrected chi connectivity index (χ1v) is 8.36. The Hall–Kier alpha value is -1.59. The molecule has 0 radical (unpaired) electrons. The molecule has 0 spiro atoms. The third-order valence-corrected chi connectivity index (χ3v) is 3.80. The maximum Gasteiger partial charge on any atom is 0.410 e. The lowest BCUT2D eigenvalue weighted by molar-refractivity contribution is 0.0131. The molecular weight excluding hydrogens is 294 g/mol. The van der Waals surface area contributed by atoms with Gasteiger partial charge < -0.3 is 14.4 Å². The second kappa shape index (κ2) is 8.89. The topological polar surface area (TPSA) is 63.5 Å². The van der Waals surface area contributed by atoms with E-state index in [4.69, 9.17) is 9.47 Å². The van der Waals surface area contributed by atoms with E-state index in [9.17, 15) is 4.79 Å². The van der Waals surface area contributed by atoms with Crippen LogP contribution in [0.1, 0.15) is 59.8 Å². The average Bonchev–Trinajstić information content (AvgIpc) is 2.49. The highest BCUT2D eigenvalue weighted by Gasteiger charge is 2.30. The van der Waals surface area contributed by atoms with Gasteiger partial charge in [0.2, 0.25) is 0 Å². The summed E-state index contributed by atoms with van der Waals surface area (Å²) in [5, 5.41) is 0. The standard InChI is InChI=1S/C17H31N3O3/c1-7-15(19-12-18-5)22-14-10-8-13(9-11-14)20(6)16(21)23-17(2,3)4/h12-14H,7-11H2,1-6H3/b18-12-,19-15+/t13-,14-. The van der Waals surface area contributed by atoms with Crippen molar-refractivity contribution in [3.05, 3.63) is 0 Å². The van der Waals surface area contributed by atoms with Crippen molar-refractivity contribution in [2.24, 2.45) is 9.98 Å². The van der Waals surface area contributed by atoms with Crippen LogP contribution in [0.15, 0.2) is 9.98 Å². The van der Waals surface area contributed by atoms with Gasteiger partial charge in [-0.25, -0.2) is 9.79 Å². The molecule has 0 aromatic carbocycles. The molecule has 0 aliphatic heterocycles. The number of ether oxygens (including phenoxy) is 2. The number of hydrogen-bond acceptors (Lipinski definition) is 4. The van der Waals surface area contributed by atoms with Gasteiger partial charge >= 0.3 is 6.09 Å². The fraction of sp³-hybridized carbons (Fsp3) is 0.824. The van der Waals surface area contributed by atoms with Crippen LogP contribution in [0.3, 0.4) is 0 Å². The SMILES string of the molecule is CC/C(=N\C=N/C)O[C@H]1CC[C@H](N(C)C(=O)OC(C)(C)C)CC1. The van der Waals surface area contributed by atoms with Crippen LogP contribution in [0.25, 0.3) is 0 Å². The summed E-state index contributed by atoms with van der Waals surface area (Å²) in [5.74, 6) is 0.722. The van der Waals surface area contributed by atoms with Gasteiger partial charge in [-0.2, -0.15) is 0 Å². The average molecular weight is 325 g/mol. The summed E-state index contributed by atoms with van der Waals surface area (Å²) in [7, 11) is 3.51. The minimum atomic E-state index is -0.459. The molecule has 1 amide bonds. The molecule has 1 fully saturated rings. The van der Waals surface area contributed by atoms with E-state index in [0.717, 1.165) is 38.0 Å². The number of amides is 1. The van der Waals surface area contributed by atoms with E-state index < -0.39 is 5.60 Å². The van der Waals surface area contributed by atoms with E-state index in [1.54, 1.807) is 11.9 Å². The Morgan fingerprint density at radius 1 is 1.26 bits per heavy atom. The van der Waals surface area contributed by atoms with Crippen molar-refractivity contribution in [3.8, 4) is 0 Å². The van der Waals surface area contributed by atoms with Crippen molar-refractivity contribution in [3.63, 3.8) is 0 Å². The highest BCUT2D eigenvalue weighted by Crippen LogP contribution is 2.26. The number of nitrogens with zero attached hydrogens (tertiary/aromatic N) is 3. The van der Waals surface area contributed by atoms with E-state index in [2.05, 4.69) is 9.98 Å². The number of carbonyl (C=O) groups is 1. The molecule has 0 aromatic rings.